The quantitative estimate of drug-likeness (QED) is 0.577. The van der Waals surface area contributed by atoms with Crippen molar-refractivity contribution in [1.29, 1.82) is 0 Å². The van der Waals surface area contributed by atoms with Crippen molar-refractivity contribution in [3.8, 4) is 11.5 Å². The van der Waals surface area contributed by atoms with Gasteiger partial charge in [0.2, 0.25) is 10.0 Å². The zero-order chi connectivity index (χ0) is 19.6. The molecule has 144 valence electrons. The van der Waals surface area contributed by atoms with E-state index in [4.69, 9.17) is 4.74 Å². The molecule has 0 aliphatic carbocycles. The van der Waals surface area contributed by atoms with Crippen molar-refractivity contribution in [3.63, 3.8) is 0 Å². The first kappa shape index (κ1) is 19.1. The van der Waals surface area contributed by atoms with Crippen molar-refractivity contribution in [1.82, 2.24) is 4.31 Å². The van der Waals surface area contributed by atoms with Gasteiger partial charge in [-0.25, -0.2) is 8.42 Å². The molecule has 0 radical (unpaired) electrons. The van der Waals surface area contributed by atoms with E-state index in [-0.39, 0.29) is 5.37 Å². The molecule has 0 N–H and O–H groups in total. The van der Waals surface area contributed by atoms with Crippen molar-refractivity contribution in [2.24, 2.45) is 0 Å². The van der Waals surface area contributed by atoms with E-state index in [0.717, 1.165) is 22.6 Å². The largest absolute Gasteiger partial charge is 0.457 e. The maximum atomic E-state index is 13.2. The molecular weight excluding hydrogens is 390 g/mol. The summed E-state index contributed by atoms with van der Waals surface area (Å²) in [6.45, 7) is 2.44. The van der Waals surface area contributed by atoms with E-state index in [1.54, 1.807) is 28.2 Å². The number of hydrogen-bond acceptors (Lipinski definition) is 4. The van der Waals surface area contributed by atoms with Gasteiger partial charge in [-0.2, -0.15) is 4.31 Å². The van der Waals surface area contributed by atoms with Crippen molar-refractivity contribution < 1.29 is 13.2 Å². The van der Waals surface area contributed by atoms with Crippen LogP contribution >= 0.6 is 11.8 Å². The van der Waals surface area contributed by atoms with Crippen LogP contribution in [0.3, 0.4) is 0 Å². The molecule has 1 unspecified atom stereocenters. The number of nitrogens with zero attached hydrogens (tertiary/aromatic N) is 1. The Balaban J connectivity index is 1.61. The van der Waals surface area contributed by atoms with Crippen LogP contribution in [0.2, 0.25) is 0 Å². The summed E-state index contributed by atoms with van der Waals surface area (Å²) in [5.74, 6) is 2.21. The summed E-state index contributed by atoms with van der Waals surface area (Å²) in [6.07, 6.45) is 0. The number of ether oxygens (including phenoxy) is 1. The molecule has 3 aromatic rings. The van der Waals surface area contributed by atoms with Gasteiger partial charge in [0, 0.05) is 12.3 Å². The van der Waals surface area contributed by atoms with Crippen molar-refractivity contribution in [2.45, 2.75) is 17.2 Å². The second kappa shape index (κ2) is 7.99. The van der Waals surface area contributed by atoms with Gasteiger partial charge < -0.3 is 4.74 Å². The summed E-state index contributed by atoms with van der Waals surface area (Å²) in [5, 5.41) is -0.259. The van der Waals surface area contributed by atoms with Gasteiger partial charge in [0.25, 0.3) is 0 Å². The molecule has 0 amide bonds. The highest BCUT2D eigenvalue weighted by Crippen LogP contribution is 2.42. The lowest BCUT2D eigenvalue weighted by Crippen LogP contribution is -2.30. The van der Waals surface area contributed by atoms with Gasteiger partial charge in [-0.1, -0.05) is 48.0 Å². The Morgan fingerprint density at radius 2 is 1.64 bits per heavy atom. The number of thioether (sulfide) groups is 1. The Morgan fingerprint density at radius 1 is 0.929 bits per heavy atom. The zero-order valence-corrected chi connectivity index (χ0v) is 17.1. The Hall–Kier alpha value is -2.28. The molecule has 1 saturated heterocycles. The predicted octanol–water partition coefficient (Wildman–Crippen LogP) is 5.22. The lowest BCUT2D eigenvalue weighted by atomic mass is 10.2. The fourth-order valence-corrected chi connectivity index (χ4v) is 6.40. The van der Waals surface area contributed by atoms with E-state index in [0.29, 0.717) is 17.2 Å². The van der Waals surface area contributed by atoms with Crippen LogP contribution in [0.15, 0.2) is 83.8 Å². The second-order valence-electron chi connectivity index (χ2n) is 6.64. The van der Waals surface area contributed by atoms with E-state index >= 15 is 0 Å². The van der Waals surface area contributed by atoms with E-state index in [1.165, 1.54) is 0 Å². The van der Waals surface area contributed by atoms with Crippen LogP contribution in [0.5, 0.6) is 11.5 Å². The molecule has 0 saturated carbocycles. The molecule has 28 heavy (non-hydrogen) atoms. The number of benzene rings is 3. The third kappa shape index (κ3) is 3.94. The second-order valence-corrected chi connectivity index (χ2v) is 9.72. The molecule has 1 fully saturated rings. The van der Waals surface area contributed by atoms with Crippen LogP contribution in [0, 0.1) is 6.92 Å². The Kier molecular flexibility index (Phi) is 5.44. The topological polar surface area (TPSA) is 46.6 Å². The van der Waals surface area contributed by atoms with Gasteiger partial charge in [-0.3, -0.25) is 0 Å². The third-order valence-electron chi connectivity index (χ3n) is 4.60. The summed E-state index contributed by atoms with van der Waals surface area (Å²) in [5.41, 5.74) is 1.96. The van der Waals surface area contributed by atoms with Crippen LogP contribution in [0.4, 0.5) is 0 Å². The number of aryl methyl sites for hydroxylation is 1. The SMILES string of the molecule is Cc1ccc(S(=O)(=O)N2CCSC2c2cccc(Oc3ccccc3)c2)cc1. The van der Waals surface area contributed by atoms with Crippen LogP contribution < -0.4 is 4.74 Å². The van der Waals surface area contributed by atoms with Gasteiger partial charge in [-0.05, 0) is 48.9 Å². The summed E-state index contributed by atoms with van der Waals surface area (Å²) in [4.78, 5) is 0.335. The maximum Gasteiger partial charge on any atom is 0.244 e. The van der Waals surface area contributed by atoms with Gasteiger partial charge >= 0.3 is 0 Å². The highest BCUT2D eigenvalue weighted by Gasteiger charge is 2.36. The molecule has 4 rings (SSSR count). The van der Waals surface area contributed by atoms with Gasteiger partial charge in [-0.15, -0.1) is 11.8 Å². The molecule has 4 nitrogen and oxygen atoms in total. The monoisotopic (exact) mass is 411 g/mol. The smallest absolute Gasteiger partial charge is 0.244 e. The lowest BCUT2D eigenvalue weighted by molar-refractivity contribution is 0.432. The average molecular weight is 412 g/mol. The number of sulfonamides is 1. The highest BCUT2D eigenvalue weighted by molar-refractivity contribution is 8.01. The minimum Gasteiger partial charge on any atom is -0.457 e. The average Bonchev–Trinajstić information content (AvgIpc) is 3.20. The third-order valence-corrected chi connectivity index (χ3v) is 7.87. The molecule has 6 heteroatoms. The Labute approximate surface area is 170 Å². The molecule has 1 aliphatic rings. The maximum absolute atomic E-state index is 13.2. The van der Waals surface area contributed by atoms with Crippen molar-refractivity contribution >= 4 is 21.8 Å². The molecule has 1 aliphatic heterocycles. The first-order chi connectivity index (χ1) is 13.5. The number of para-hydroxylation sites is 1. The molecule has 1 atom stereocenters. The van der Waals surface area contributed by atoms with Crippen LogP contribution in [-0.2, 0) is 10.0 Å². The molecule has 0 spiro atoms. The van der Waals surface area contributed by atoms with Crippen molar-refractivity contribution in [2.75, 3.05) is 12.3 Å². The lowest BCUT2D eigenvalue weighted by Gasteiger charge is -2.24. The predicted molar refractivity (Wildman–Crippen MR) is 113 cm³/mol. The highest BCUT2D eigenvalue weighted by atomic mass is 32.2. The molecule has 0 bridgehead atoms. The minimum atomic E-state index is -3.55. The summed E-state index contributed by atoms with van der Waals surface area (Å²) >= 11 is 1.63. The molecule has 3 aromatic carbocycles. The van der Waals surface area contributed by atoms with Gasteiger partial charge in [0.1, 0.15) is 11.5 Å². The number of rotatable bonds is 5. The Bertz CT molecular complexity index is 1050. The first-order valence-corrected chi connectivity index (χ1v) is 11.6. The minimum absolute atomic E-state index is 0.259. The van der Waals surface area contributed by atoms with E-state index in [1.807, 2.05) is 73.7 Å². The van der Waals surface area contributed by atoms with E-state index in [9.17, 15) is 8.42 Å². The molecule has 0 aromatic heterocycles. The number of hydrogen-bond donors (Lipinski definition) is 0. The van der Waals surface area contributed by atoms with Gasteiger partial charge in [0.05, 0.1) is 10.3 Å². The van der Waals surface area contributed by atoms with Crippen LogP contribution in [0.1, 0.15) is 16.5 Å². The molecule has 1 heterocycles. The summed E-state index contributed by atoms with van der Waals surface area (Å²) in [6, 6.07) is 24.3. The van der Waals surface area contributed by atoms with Crippen molar-refractivity contribution in [3.05, 3.63) is 90.0 Å². The fourth-order valence-electron chi connectivity index (χ4n) is 3.17. The van der Waals surface area contributed by atoms with Gasteiger partial charge in [0.15, 0.2) is 0 Å². The van der Waals surface area contributed by atoms with E-state index in [2.05, 4.69) is 0 Å². The van der Waals surface area contributed by atoms with Crippen LogP contribution in [0.25, 0.3) is 0 Å². The molecular formula is C22H21NO3S2. The zero-order valence-electron chi connectivity index (χ0n) is 15.5. The van der Waals surface area contributed by atoms with E-state index < -0.39 is 10.0 Å². The summed E-state index contributed by atoms with van der Waals surface area (Å²) in [7, 11) is -3.55. The van der Waals surface area contributed by atoms with Crippen LogP contribution in [-0.4, -0.2) is 25.0 Å². The Morgan fingerprint density at radius 3 is 2.39 bits per heavy atom. The summed E-state index contributed by atoms with van der Waals surface area (Å²) < 4.78 is 33.9. The normalized spacial score (nSPS) is 17.5. The fraction of sp³-hybridized carbons (Fsp3) is 0.182. The first-order valence-electron chi connectivity index (χ1n) is 9.07. The standard InChI is InChI=1S/C22H21NO3S2/c1-17-10-12-21(13-11-17)28(24,25)23-14-15-27-22(23)18-6-5-9-20(16-18)26-19-7-3-2-4-8-19/h2-13,16,22H,14-15H2,1H3.